The van der Waals surface area contributed by atoms with E-state index in [1.807, 2.05) is 0 Å². The first kappa shape index (κ1) is 16.6. The van der Waals surface area contributed by atoms with Crippen LogP contribution in [0.4, 0.5) is 19.0 Å². The molecule has 0 bridgehead atoms. The van der Waals surface area contributed by atoms with E-state index >= 15 is 0 Å². The Morgan fingerprint density at radius 3 is 2.46 bits per heavy atom. The normalized spacial score (nSPS) is 17.1. The van der Waals surface area contributed by atoms with Gasteiger partial charge in [-0.1, -0.05) is 0 Å². The van der Waals surface area contributed by atoms with Gasteiger partial charge in [0.15, 0.2) is 0 Å². The van der Waals surface area contributed by atoms with Gasteiger partial charge in [0.2, 0.25) is 0 Å². The second-order valence-corrected chi connectivity index (χ2v) is 5.67. The molecule has 2 aromatic heterocycles. The monoisotopic (exact) mass is 341 g/mol. The third kappa shape index (κ3) is 4.40. The van der Waals surface area contributed by atoms with Gasteiger partial charge < -0.3 is 10.2 Å². The van der Waals surface area contributed by atoms with Gasteiger partial charge in [0.1, 0.15) is 17.8 Å². The van der Waals surface area contributed by atoms with Crippen molar-refractivity contribution >= 4 is 5.82 Å². The lowest BCUT2D eigenvalue weighted by atomic mass is 10.1. The van der Waals surface area contributed by atoms with Crippen LogP contribution in [-0.4, -0.2) is 55.5 Å². The van der Waals surface area contributed by atoms with Gasteiger partial charge in [0, 0.05) is 31.7 Å². The lowest BCUT2D eigenvalue weighted by molar-refractivity contribution is -0.141. The molecule has 3 rings (SSSR count). The molecule has 0 unspecified atom stereocenters. The molecule has 24 heavy (non-hydrogen) atoms. The van der Waals surface area contributed by atoms with Gasteiger partial charge in [-0.15, -0.1) is 0 Å². The molecule has 1 aliphatic rings. The van der Waals surface area contributed by atoms with E-state index in [4.69, 9.17) is 0 Å². The van der Waals surface area contributed by atoms with Gasteiger partial charge in [-0.3, -0.25) is 0 Å². The number of halogens is 3. The van der Waals surface area contributed by atoms with Gasteiger partial charge in [-0.2, -0.15) is 28.2 Å². The number of hydrogen-bond acceptors (Lipinski definition) is 6. The van der Waals surface area contributed by atoms with E-state index < -0.39 is 11.9 Å². The van der Waals surface area contributed by atoms with Crippen molar-refractivity contribution in [2.45, 2.75) is 31.6 Å². The van der Waals surface area contributed by atoms with E-state index in [1.165, 1.54) is 0 Å². The van der Waals surface area contributed by atoms with Crippen molar-refractivity contribution in [3.63, 3.8) is 0 Å². The van der Waals surface area contributed by atoms with Crippen LogP contribution >= 0.6 is 0 Å². The van der Waals surface area contributed by atoms with Gasteiger partial charge in [0.05, 0.1) is 18.9 Å². The highest BCUT2D eigenvalue weighted by atomic mass is 19.4. The SMILES string of the molecule is FC(F)(F)c1cc(NC2CCN(CCn3nccn3)CC2)ncn1. The summed E-state index contributed by atoms with van der Waals surface area (Å²) in [4.78, 5) is 11.1. The molecule has 3 heterocycles. The van der Waals surface area contributed by atoms with Crippen LogP contribution in [0.25, 0.3) is 0 Å². The molecule has 0 amide bonds. The van der Waals surface area contributed by atoms with E-state index in [1.54, 1.807) is 17.2 Å². The second-order valence-electron chi connectivity index (χ2n) is 5.67. The first-order valence-corrected chi connectivity index (χ1v) is 7.73. The van der Waals surface area contributed by atoms with Crippen molar-refractivity contribution in [2.75, 3.05) is 25.0 Å². The fourth-order valence-corrected chi connectivity index (χ4v) is 2.69. The van der Waals surface area contributed by atoms with Crippen molar-refractivity contribution in [2.24, 2.45) is 0 Å². The zero-order valence-electron chi connectivity index (χ0n) is 12.9. The fourth-order valence-electron chi connectivity index (χ4n) is 2.69. The maximum Gasteiger partial charge on any atom is 0.433 e. The summed E-state index contributed by atoms with van der Waals surface area (Å²) in [5.41, 5.74) is -0.927. The summed E-state index contributed by atoms with van der Waals surface area (Å²) in [6, 6.07) is 1.07. The number of piperidine rings is 1. The molecule has 0 saturated carbocycles. The Hall–Kier alpha value is -2.23. The first-order valence-electron chi connectivity index (χ1n) is 7.73. The van der Waals surface area contributed by atoms with Crippen molar-refractivity contribution in [3.05, 3.63) is 30.5 Å². The second kappa shape index (κ2) is 7.12. The Balaban J connectivity index is 1.47. The predicted octanol–water partition coefficient (Wildman–Crippen LogP) is 1.66. The molecule has 7 nitrogen and oxygen atoms in total. The van der Waals surface area contributed by atoms with E-state index in [0.717, 1.165) is 51.4 Å². The molecule has 10 heteroatoms. The number of hydrogen-bond donors (Lipinski definition) is 1. The summed E-state index contributed by atoms with van der Waals surface area (Å²) in [7, 11) is 0. The quantitative estimate of drug-likeness (QED) is 0.892. The molecule has 2 aromatic rings. The highest BCUT2D eigenvalue weighted by Gasteiger charge is 2.33. The van der Waals surface area contributed by atoms with Crippen LogP contribution in [0.15, 0.2) is 24.8 Å². The van der Waals surface area contributed by atoms with E-state index in [-0.39, 0.29) is 11.9 Å². The van der Waals surface area contributed by atoms with Crippen LogP contribution < -0.4 is 5.32 Å². The minimum atomic E-state index is -4.46. The zero-order chi connectivity index (χ0) is 17.0. The van der Waals surface area contributed by atoms with Gasteiger partial charge >= 0.3 is 6.18 Å². The summed E-state index contributed by atoms with van der Waals surface area (Å²) >= 11 is 0. The molecular formula is C14H18F3N7. The predicted molar refractivity (Wildman–Crippen MR) is 80.1 cm³/mol. The molecule has 1 aliphatic heterocycles. The fraction of sp³-hybridized carbons (Fsp3) is 0.571. The molecule has 1 fully saturated rings. The van der Waals surface area contributed by atoms with E-state index in [9.17, 15) is 13.2 Å². The molecule has 0 aliphatic carbocycles. The van der Waals surface area contributed by atoms with Crippen molar-refractivity contribution in [1.82, 2.24) is 29.9 Å². The smallest absolute Gasteiger partial charge is 0.367 e. The minimum Gasteiger partial charge on any atom is -0.367 e. The molecule has 0 aromatic carbocycles. The number of aromatic nitrogens is 5. The number of nitrogens with zero attached hydrogens (tertiary/aromatic N) is 6. The van der Waals surface area contributed by atoms with Crippen LogP contribution in [0.5, 0.6) is 0 Å². The van der Waals surface area contributed by atoms with Crippen LogP contribution in [0.3, 0.4) is 0 Å². The lowest BCUT2D eigenvalue weighted by Gasteiger charge is -2.32. The van der Waals surface area contributed by atoms with Crippen LogP contribution in [0.1, 0.15) is 18.5 Å². The van der Waals surface area contributed by atoms with E-state index in [0.29, 0.717) is 0 Å². The molecule has 130 valence electrons. The Morgan fingerprint density at radius 2 is 1.79 bits per heavy atom. The third-order valence-electron chi connectivity index (χ3n) is 3.98. The van der Waals surface area contributed by atoms with Crippen molar-refractivity contribution < 1.29 is 13.2 Å². The Kier molecular flexibility index (Phi) is 4.93. The number of likely N-dealkylation sites (tertiary alicyclic amines) is 1. The molecule has 1 saturated heterocycles. The van der Waals surface area contributed by atoms with Gasteiger partial charge in [0.25, 0.3) is 0 Å². The summed E-state index contributed by atoms with van der Waals surface area (Å²) in [5.74, 6) is 0.219. The summed E-state index contributed by atoms with van der Waals surface area (Å²) < 4.78 is 38.0. The van der Waals surface area contributed by atoms with Crippen molar-refractivity contribution in [1.29, 1.82) is 0 Å². The Bertz CT molecular complexity index is 636. The van der Waals surface area contributed by atoms with Gasteiger partial charge in [-0.25, -0.2) is 9.97 Å². The summed E-state index contributed by atoms with van der Waals surface area (Å²) in [5, 5.41) is 11.2. The Labute approximate surface area is 136 Å². The standard InChI is InChI=1S/C14H18F3N7/c15-14(16,17)12-9-13(19-10-18-12)22-11-1-5-23(6-2-11)7-8-24-20-3-4-21-24/h3-4,9-11H,1-2,5-8H2,(H,18,19,22). The first-order chi connectivity index (χ1) is 11.5. The maximum atomic E-state index is 12.7. The largest absolute Gasteiger partial charge is 0.433 e. The average Bonchev–Trinajstić information content (AvgIpc) is 3.07. The molecule has 1 N–H and O–H groups in total. The highest BCUT2D eigenvalue weighted by molar-refractivity contribution is 5.36. The van der Waals surface area contributed by atoms with Crippen LogP contribution in [-0.2, 0) is 12.7 Å². The zero-order valence-corrected chi connectivity index (χ0v) is 12.9. The molecule has 0 radical (unpaired) electrons. The molecular weight excluding hydrogens is 323 g/mol. The van der Waals surface area contributed by atoms with Crippen molar-refractivity contribution in [3.8, 4) is 0 Å². The van der Waals surface area contributed by atoms with Crippen LogP contribution in [0, 0.1) is 0 Å². The Morgan fingerprint density at radius 1 is 1.08 bits per heavy atom. The van der Waals surface area contributed by atoms with Crippen LogP contribution in [0.2, 0.25) is 0 Å². The topological polar surface area (TPSA) is 71.8 Å². The van der Waals surface area contributed by atoms with Gasteiger partial charge in [-0.05, 0) is 12.8 Å². The average molecular weight is 341 g/mol. The molecule has 0 atom stereocenters. The van der Waals surface area contributed by atoms with E-state index in [2.05, 4.69) is 30.4 Å². The third-order valence-corrected chi connectivity index (χ3v) is 3.98. The summed E-state index contributed by atoms with van der Waals surface area (Å²) in [6.07, 6.45) is 1.47. The number of alkyl halides is 3. The summed E-state index contributed by atoms with van der Waals surface area (Å²) in [6.45, 7) is 3.32. The lowest BCUT2D eigenvalue weighted by Crippen LogP contribution is -2.40. The number of nitrogens with one attached hydrogen (secondary N) is 1. The molecule has 0 spiro atoms. The maximum absolute atomic E-state index is 12.7. The number of rotatable bonds is 5. The minimum absolute atomic E-state index is 0.111. The highest BCUT2D eigenvalue weighted by Crippen LogP contribution is 2.28. The number of anilines is 1.